The van der Waals surface area contributed by atoms with Gasteiger partial charge in [-0.15, -0.1) is 0 Å². The van der Waals surface area contributed by atoms with Crippen LogP contribution in [0.4, 0.5) is 5.69 Å². The van der Waals surface area contributed by atoms with E-state index in [1.165, 1.54) is 19.3 Å². The van der Waals surface area contributed by atoms with E-state index < -0.39 is 0 Å². The second-order valence-corrected chi connectivity index (χ2v) is 7.71. The van der Waals surface area contributed by atoms with Gasteiger partial charge >= 0.3 is 0 Å². The molecule has 0 spiro atoms. The summed E-state index contributed by atoms with van der Waals surface area (Å²) in [5.41, 5.74) is 2.18. The fraction of sp³-hybridized carbons (Fsp3) is 0.588. The van der Waals surface area contributed by atoms with Crippen LogP contribution in [0.1, 0.15) is 45.6 Å². The fourth-order valence-corrected chi connectivity index (χ4v) is 4.70. The SMILES string of the molecule is CC1(C)C(Nc2cc(C#N)ccc2Cl)[C@]2(C)CC[C@H]1C2. The molecule has 1 aromatic carbocycles. The van der Waals surface area contributed by atoms with Crippen molar-refractivity contribution in [1.29, 1.82) is 5.26 Å². The smallest absolute Gasteiger partial charge is 0.0992 e. The van der Waals surface area contributed by atoms with Crippen molar-refractivity contribution in [2.75, 3.05) is 5.32 Å². The molecule has 2 nitrogen and oxygen atoms in total. The maximum atomic E-state index is 9.05. The van der Waals surface area contributed by atoms with Crippen molar-refractivity contribution in [3.63, 3.8) is 0 Å². The molecular weight excluding hydrogens is 268 g/mol. The lowest BCUT2D eigenvalue weighted by molar-refractivity contribution is 0.155. The van der Waals surface area contributed by atoms with E-state index >= 15 is 0 Å². The Morgan fingerprint density at radius 2 is 2.10 bits per heavy atom. The fourth-order valence-electron chi connectivity index (χ4n) is 4.52. The third kappa shape index (κ3) is 1.91. The standard InChI is InChI=1S/C17H21ClN2/c1-16(2)12-6-7-17(3,9-12)15(16)20-14-8-11(10-19)4-5-13(14)18/h4-5,8,12,15,20H,6-7,9H2,1-3H3/t12-,15?,17+/m0/s1. The van der Waals surface area contributed by atoms with Crippen molar-refractivity contribution in [2.24, 2.45) is 16.7 Å². The summed E-state index contributed by atoms with van der Waals surface area (Å²) in [6, 6.07) is 8.05. The van der Waals surface area contributed by atoms with E-state index in [4.69, 9.17) is 16.9 Å². The number of nitrogens with one attached hydrogen (secondary N) is 1. The Morgan fingerprint density at radius 3 is 2.70 bits per heavy atom. The van der Waals surface area contributed by atoms with E-state index in [1.807, 2.05) is 12.1 Å². The van der Waals surface area contributed by atoms with Crippen molar-refractivity contribution < 1.29 is 0 Å². The summed E-state index contributed by atoms with van der Waals surface area (Å²) in [5.74, 6) is 0.794. The van der Waals surface area contributed by atoms with Crippen molar-refractivity contribution in [2.45, 2.75) is 46.1 Å². The molecule has 1 N–H and O–H groups in total. The minimum Gasteiger partial charge on any atom is -0.380 e. The van der Waals surface area contributed by atoms with Crippen LogP contribution in [0.15, 0.2) is 18.2 Å². The molecule has 3 heteroatoms. The van der Waals surface area contributed by atoms with Gasteiger partial charge < -0.3 is 5.32 Å². The Labute approximate surface area is 126 Å². The average molecular weight is 289 g/mol. The van der Waals surface area contributed by atoms with Crippen LogP contribution in [-0.4, -0.2) is 6.04 Å². The molecule has 1 aromatic rings. The highest BCUT2D eigenvalue weighted by atomic mass is 35.5. The highest BCUT2D eigenvalue weighted by Crippen LogP contribution is 2.63. The van der Waals surface area contributed by atoms with Crippen LogP contribution in [-0.2, 0) is 0 Å². The van der Waals surface area contributed by atoms with Crippen molar-refractivity contribution in [1.82, 2.24) is 0 Å². The number of hydrogen-bond acceptors (Lipinski definition) is 2. The molecule has 3 atom stereocenters. The molecule has 2 fully saturated rings. The molecule has 106 valence electrons. The second-order valence-electron chi connectivity index (χ2n) is 7.30. The van der Waals surface area contributed by atoms with Crippen LogP contribution in [0.25, 0.3) is 0 Å². The predicted octanol–water partition coefficient (Wildman–Crippen LogP) is 4.84. The largest absolute Gasteiger partial charge is 0.380 e. The van der Waals surface area contributed by atoms with Gasteiger partial charge in [-0.3, -0.25) is 0 Å². The minimum atomic E-state index is 0.277. The summed E-state index contributed by atoms with van der Waals surface area (Å²) >= 11 is 6.30. The van der Waals surface area contributed by atoms with Crippen molar-refractivity contribution in [3.05, 3.63) is 28.8 Å². The first-order valence-electron chi connectivity index (χ1n) is 7.33. The molecule has 2 bridgehead atoms. The first kappa shape index (κ1) is 13.8. The molecule has 0 heterocycles. The van der Waals surface area contributed by atoms with Crippen LogP contribution < -0.4 is 5.32 Å². The summed E-state index contributed by atoms with van der Waals surface area (Å²) in [7, 11) is 0. The number of halogens is 1. The van der Waals surface area contributed by atoms with E-state index in [0.717, 1.165) is 11.6 Å². The van der Waals surface area contributed by atoms with E-state index in [9.17, 15) is 0 Å². The average Bonchev–Trinajstić information content (AvgIpc) is 2.88. The van der Waals surface area contributed by atoms with Gasteiger partial charge in [-0.2, -0.15) is 5.26 Å². The molecule has 1 unspecified atom stereocenters. The Balaban J connectivity index is 1.94. The number of fused-ring (bicyclic) bond motifs is 2. The van der Waals surface area contributed by atoms with Crippen molar-refractivity contribution >= 4 is 17.3 Å². The van der Waals surface area contributed by atoms with E-state index in [-0.39, 0.29) is 5.41 Å². The summed E-state index contributed by atoms with van der Waals surface area (Å²) in [6.45, 7) is 7.12. The zero-order valence-corrected chi connectivity index (χ0v) is 13.1. The zero-order chi connectivity index (χ0) is 14.5. The maximum absolute atomic E-state index is 9.05. The van der Waals surface area contributed by atoms with Crippen LogP contribution >= 0.6 is 11.6 Å². The molecule has 2 aliphatic carbocycles. The molecule has 2 aliphatic rings. The van der Waals surface area contributed by atoms with Gasteiger partial charge in [-0.25, -0.2) is 0 Å². The topological polar surface area (TPSA) is 35.8 Å². The van der Waals surface area contributed by atoms with Gasteiger partial charge in [-0.05, 0) is 54.2 Å². The van der Waals surface area contributed by atoms with Gasteiger partial charge in [0.15, 0.2) is 0 Å². The Hall–Kier alpha value is -1.20. The molecule has 0 amide bonds. The summed E-state index contributed by atoms with van der Waals surface area (Å²) < 4.78 is 0. The first-order valence-corrected chi connectivity index (χ1v) is 7.71. The van der Waals surface area contributed by atoms with Gasteiger partial charge in [0.1, 0.15) is 0 Å². The molecule has 3 rings (SSSR count). The third-order valence-corrected chi connectivity index (χ3v) is 5.99. The lowest BCUT2D eigenvalue weighted by Crippen LogP contribution is -2.45. The lowest BCUT2D eigenvalue weighted by Gasteiger charge is -2.43. The molecule has 0 aromatic heterocycles. The molecule has 0 radical (unpaired) electrons. The summed E-state index contributed by atoms with van der Waals surface area (Å²) in [6.07, 6.45) is 3.93. The maximum Gasteiger partial charge on any atom is 0.0992 e. The molecule has 2 saturated carbocycles. The monoisotopic (exact) mass is 288 g/mol. The number of benzene rings is 1. The lowest BCUT2D eigenvalue weighted by atomic mass is 9.68. The zero-order valence-electron chi connectivity index (χ0n) is 12.3. The highest BCUT2D eigenvalue weighted by Gasteiger charge is 2.59. The third-order valence-electron chi connectivity index (χ3n) is 5.67. The Morgan fingerprint density at radius 1 is 1.35 bits per heavy atom. The molecule has 0 saturated heterocycles. The summed E-state index contributed by atoms with van der Waals surface area (Å²) in [5, 5.41) is 13.4. The van der Waals surface area contributed by atoms with Gasteiger partial charge in [0.05, 0.1) is 22.3 Å². The van der Waals surface area contributed by atoms with E-state index in [1.54, 1.807) is 6.07 Å². The number of hydrogen-bond donors (Lipinski definition) is 1. The van der Waals surface area contributed by atoms with Crippen LogP contribution in [0.5, 0.6) is 0 Å². The normalized spacial score (nSPS) is 34.0. The quantitative estimate of drug-likeness (QED) is 0.845. The van der Waals surface area contributed by atoms with E-state index in [2.05, 4.69) is 32.2 Å². The molecule has 20 heavy (non-hydrogen) atoms. The van der Waals surface area contributed by atoms with Crippen LogP contribution in [0.2, 0.25) is 5.02 Å². The summed E-state index contributed by atoms with van der Waals surface area (Å²) in [4.78, 5) is 0. The number of nitriles is 1. The first-order chi connectivity index (χ1) is 9.37. The van der Waals surface area contributed by atoms with Crippen molar-refractivity contribution in [3.8, 4) is 6.07 Å². The van der Waals surface area contributed by atoms with E-state index in [0.29, 0.717) is 22.0 Å². The number of rotatable bonds is 2. The van der Waals surface area contributed by atoms with Gasteiger partial charge in [0, 0.05) is 6.04 Å². The molecule has 0 aliphatic heterocycles. The van der Waals surface area contributed by atoms with Crippen LogP contribution in [0, 0.1) is 28.1 Å². The second kappa shape index (κ2) is 4.40. The van der Waals surface area contributed by atoms with Gasteiger partial charge in [0.2, 0.25) is 0 Å². The predicted molar refractivity (Wildman–Crippen MR) is 82.8 cm³/mol. The molecular formula is C17H21ClN2. The van der Waals surface area contributed by atoms with Crippen LogP contribution in [0.3, 0.4) is 0 Å². The Kier molecular flexibility index (Phi) is 3.03. The highest BCUT2D eigenvalue weighted by molar-refractivity contribution is 6.33. The van der Waals surface area contributed by atoms with Gasteiger partial charge in [0.25, 0.3) is 0 Å². The number of anilines is 1. The number of nitrogens with zero attached hydrogens (tertiary/aromatic N) is 1. The Bertz CT molecular complexity index is 582. The minimum absolute atomic E-state index is 0.277. The van der Waals surface area contributed by atoms with Gasteiger partial charge in [-0.1, -0.05) is 32.4 Å².